The summed E-state index contributed by atoms with van der Waals surface area (Å²) in [6.45, 7) is 1.29. The number of likely N-dealkylation sites (tertiary alicyclic amines) is 1. The molecule has 0 aliphatic carbocycles. The second-order valence-electron chi connectivity index (χ2n) is 8.37. The van der Waals surface area contributed by atoms with Gasteiger partial charge in [0.15, 0.2) is 0 Å². The van der Waals surface area contributed by atoms with E-state index in [1.807, 2.05) is 41.3 Å². The van der Waals surface area contributed by atoms with Crippen molar-refractivity contribution in [3.05, 3.63) is 84.2 Å². The smallest absolute Gasteiger partial charge is 0.487 e. The van der Waals surface area contributed by atoms with Crippen molar-refractivity contribution in [3.8, 4) is 11.5 Å². The number of hydrogen-bond donors (Lipinski definition) is 0. The number of para-hydroxylation sites is 2. The van der Waals surface area contributed by atoms with Crippen molar-refractivity contribution < 1.29 is 27.4 Å². The van der Waals surface area contributed by atoms with Gasteiger partial charge >= 0.3 is 6.36 Å². The van der Waals surface area contributed by atoms with E-state index in [1.165, 1.54) is 12.1 Å². The number of anilines is 1. The van der Waals surface area contributed by atoms with Crippen LogP contribution in [0.4, 0.5) is 18.9 Å². The van der Waals surface area contributed by atoms with Gasteiger partial charge in [-0.25, -0.2) is 0 Å². The Morgan fingerprint density at radius 2 is 1.79 bits per heavy atom. The third kappa shape index (κ3) is 4.84. The molecule has 3 aromatic rings. The summed E-state index contributed by atoms with van der Waals surface area (Å²) in [7, 11) is 0. The molecule has 2 atom stereocenters. The van der Waals surface area contributed by atoms with Crippen LogP contribution in [0.2, 0.25) is 0 Å². The number of amides is 1. The quantitative estimate of drug-likeness (QED) is 0.549. The highest BCUT2D eigenvalue weighted by Crippen LogP contribution is 2.37. The van der Waals surface area contributed by atoms with Gasteiger partial charge in [0, 0.05) is 31.9 Å². The molecule has 3 heterocycles. The summed E-state index contributed by atoms with van der Waals surface area (Å²) in [5, 5.41) is 0. The van der Waals surface area contributed by atoms with Crippen molar-refractivity contribution >= 4 is 11.6 Å². The van der Waals surface area contributed by atoms with Gasteiger partial charge in [0.2, 0.25) is 5.91 Å². The highest BCUT2D eigenvalue weighted by molar-refractivity contribution is 5.99. The third-order valence-electron chi connectivity index (χ3n) is 5.97. The number of carbonyl (C=O) groups excluding carboxylic acids is 1. The minimum Gasteiger partial charge on any atom is -0.487 e. The first-order valence-corrected chi connectivity index (χ1v) is 10.9. The number of benzene rings is 2. The lowest BCUT2D eigenvalue weighted by Crippen LogP contribution is -2.45. The Morgan fingerprint density at radius 1 is 1.00 bits per heavy atom. The Kier molecular flexibility index (Phi) is 5.87. The van der Waals surface area contributed by atoms with Crippen LogP contribution in [0.3, 0.4) is 0 Å². The average molecular weight is 469 g/mol. The fourth-order valence-electron chi connectivity index (χ4n) is 4.50. The molecule has 9 heteroatoms. The number of pyridine rings is 1. The van der Waals surface area contributed by atoms with Gasteiger partial charge in [-0.05, 0) is 41.5 Å². The Balaban J connectivity index is 1.39. The van der Waals surface area contributed by atoms with E-state index in [9.17, 15) is 18.0 Å². The highest BCUT2D eigenvalue weighted by Gasteiger charge is 2.42. The predicted molar refractivity (Wildman–Crippen MR) is 118 cm³/mol. The van der Waals surface area contributed by atoms with E-state index in [4.69, 9.17) is 4.74 Å². The van der Waals surface area contributed by atoms with Gasteiger partial charge < -0.3 is 14.4 Å². The Labute approximate surface area is 194 Å². The Morgan fingerprint density at radius 3 is 2.53 bits per heavy atom. The highest BCUT2D eigenvalue weighted by atomic mass is 19.4. The van der Waals surface area contributed by atoms with E-state index >= 15 is 0 Å². The number of alkyl halides is 3. The number of aromatic nitrogens is 1. The monoisotopic (exact) mass is 469 g/mol. The van der Waals surface area contributed by atoms with Crippen molar-refractivity contribution in [3.63, 3.8) is 0 Å². The summed E-state index contributed by atoms with van der Waals surface area (Å²) in [6.07, 6.45) is -0.949. The predicted octanol–water partition coefficient (Wildman–Crippen LogP) is 4.55. The minimum atomic E-state index is -4.74. The van der Waals surface area contributed by atoms with Gasteiger partial charge in [0.25, 0.3) is 0 Å². The SMILES string of the molecule is O=C1C2CC(CN2Cc2ccc(OC(F)(F)F)cc2)Oc2ccccc2N1Cc1cccnc1. The van der Waals surface area contributed by atoms with Gasteiger partial charge in [-0.3, -0.25) is 14.7 Å². The third-order valence-corrected chi connectivity index (χ3v) is 5.97. The number of fused-ring (bicyclic) bond motifs is 3. The number of hydrogen-bond acceptors (Lipinski definition) is 5. The summed E-state index contributed by atoms with van der Waals surface area (Å²) in [4.78, 5) is 21.7. The molecule has 2 aliphatic rings. The van der Waals surface area contributed by atoms with E-state index in [0.29, 0.717) is 37.5 Å². The van der Waals surface area contributed by atoms with E-state index in [0.717, 1.165) is 11.1 Å². The van der Waals surface area contributed by atoms with Crippen LogP contribution in [0.25, 0.3) is 0 Å². The molecule has 1 aromatic heterocycles. The van der Waals surface area contributed by atoms with Crippen LogP contribution >= 0.6 is 0 Å². The van der Waals surface area contributed by atoms with Crippen LogP contribution in [0.5, 0.6) is 11.5 Å². The van der Waals surface area contributed by atoms with Crippen molar-refractivity contribution in [1.29, 1.82) is 0 Å². The molecule has 5 rings (SSSR count). The maximum atomic E-state index is 13.8. The topological polar surface area (TPSA) is 54.9 Å². The van der Waals surface area contributed by atoms with Crippen LogP contribution in [0, 0.1) is 0 Å². The van der Waals surface area contributed by atoms with Crippen LogP contribution in [-0.4, -0.2) is 40.8 Å². The molecule has 0 N–H and O–H groups in total. The molecule has 2 aromatic carbocycles. The largest absolute Gasteiger partial charge is 0.573 e. The molecular formula is C25H22F3N3O3. The van der Waals surface area contributed by atoms with E-state index in [2.05, 4.69) is 9.72 Å². The molecule has 34 heavy (non-hydrogen) atoms. The normalized spacial score (nSPS) is 20.3. The summed E-state index contributed by atoms with van der Waals surface area (Å²) >= 11 is 0. The van der Waals surface area contributed by atoms with Crippen molar-refractivity contribution in [1.82, 2.24) is 9.88 Å². The molecule has 2 bridgehead atoms. The number of nitrogens with zero attached hydrogens (tertiary/aromatic N) is 3. The molecular weight excluding hydrogens is 447 g/mol. The lowest BCUT2D eigenvalue weighted by atomic mass is 10.1. The van der Waals surface area contributed by atoms with Gasteiger partial charge in [0.1, 0.15) is 17.6 Å². The lowest BCUT2D eigenvalue weighted by Gasteiger charge is -2.32. The first-order chi connectivity index (χ1) is 16.4. The first-order valence-electron chi connectivity index (χ1n) is 10.9. The van der Waals surface area contributed by atoms with Gasteiger partial charge in [0.05, 0.1) is 18.3 Å². The van der Waals surface area contributed by atoms with Crippen molar-refractivity contribution in [2.75, 3.05) is 11.4 Å². The molecule has 0 saturated carbocycles. The minimum absolute atomic E-state index is 0.0425. The summed E-state index contributed by atoms with van der Waals surface area (Å²) in [5.74, 6) is 0.334. The molecule has 1 fully saturated rings. The van der Waals surface area contributed by atoms with Crippen molar-refractivity contribution in [2.24, 2.45) is 0 Å². The standard InChI is InChI=1S/C25H22F3N3O3/c26-25(27,28)34-19-9-7-17(8-10-19)14-30-16-20-12-22(30)24(32)31(15-18-4-3-11-29-13-18)21-5-1-2-6-23(21)33-20/h1-11,13,20,22H,12,14-16H2. The molecule has 1 saturated heterocycles. The van der Waals surface area contributed by atoms with Crippen molar-refractivity contribution in [2.45, 2.75) is 38.0 Å². The molecule has 6 nitrogen and oxygen atoms in total. The van der Waals surface area contributed by atoms with Crippen LogP contribution in [-0.2, 0) is 17.9 Å². The second-order valence-corrected chi connectivity index (χ2v) is 8.37. The Bertz CT molecular complexity index is 1160. The van der Waals surface area contributed by atoms with E-state index in [-0.39, 0.29) is 17.8 Å². The summed E-state index contributed by atoms with van der Waals surface area (Å²) in [6, 6.07) is 16.5. The molecule has 0 spiro atoms. The molecule has 176 valence electrons. The summed E-state index contributed by atoms with van der Waals surface area (Å²) < 4.78 is 47.6. The van der Waals surface area contributed by atoms with E-state index < -0.39 is 12.4 Å². The van der Waals surface area contributed by atoms with Gasteiger partial charge in [-0.15, -0.1) is 13.2 Å². The zero-order valence-corrected chi connectivity index (χ0v) is 18.1. The molecule has 2 aliphatic heterocycles. The molecule has 0 radical (unpaired) electrons. The van der Waals surface area contributed by atoms with Crippen LogP contribution in [0.1, 0.15) is 17.5 Å². The average Bonchev–Trinajstić information content (AvgIpc) is 3.21. The number of carbonyl (C=O) groups is 1. The van der Waals surface area contributed by atoms with E-state index in [1.54, 1.807) is 29.4 Å². The number of ether oxygens (including phenoxy) is 2. The number of rotatable bonds is 5. The lowest BCUT2D eigenvalue weighted by molar-refractivity contribution is -0.274. The summed E-state index contributed by atoms with van der Waals surface area (Å²) in [5.41, 5.74) is 2.39. The fraction of sp³-hybridized carbons (Fsp3) is 0.280. The maximum absolute atomic E-state index is 13.8. The Hall–Kier alpha value is -3.59. The van der Waals surface area contributed by atoms with Gasteiger partial charge in [-0.1, -0.05) is 30.3 Å². The fourth-order valence-corrected chi connectivity index (χ4v) is 4.50. The van der Waals surface area contributed by atoms with Crippen LogP contribution < -0.4 is 14.4 Å². The second kappa shape index (κ2) is 8.98. The molecule has 1 amide bonds. The van der Waals surface area contributed by atoms with Gasteiger partial charge in [-0.2, -0.15) is 0 Å². The zero-order chi connectivity index (χ0) is 23.7. The van der Waals surface area contributed by atoms with Crippen LogP contribution in [0.15, 0.2) is 73.1 Å². The zero-order valence-electron chi connectivity index (χ0n) is 18.1. The maximum Gasteiger partial charge on any atom is 0.573 e. The number of halogens is 3. The first kappa shape index (κ1) is 22.2. The molecule has 2 unspecified atom stereocenters.